The molecule has 0 aromatic heterocycles. The van der Waals surface area contributed by atoms with E-state index in [0.717, 1.165) is 35.0 Å². The van der Waals surface area contributed by atoms with Gasteiger partial charge in [0.1, 0.15) is 11.5 Å². The zero-order valence-corrected chi connectivity index (χ0v) is 17.1. The summed E-state index contributed by atoms with van der Waals surface area (Å²) < 4.78 is 11.6. The first-order valence-electron chi connectivity index (χ1n) is 9.05. The van der Waals surface area contributed by atoms with Gasteiger partial charge in [-0.3, -0.25) is 0 Å². The van der Waals surface area contributed by atoms with Crippen molar-refractivity contribution in [3.05, 3.63) is 23.3 Å². The van der Waals surface area contributed by atoms with Crippen LogP contribution in [0.4, 0.5) is 0 Å². The molecule has 138 valence electrons. The van der Waals surface area contributed by atoms with Gasteiger partial charge in [-0.05, 0) is 37.3 Å². The van der Waals surface area contributed by atoms with Crippen LogP contribution in [0.25, 0.3) is 0 Å². The van der Waals surface area contributed by atoms with Crippen LogP contribution in [0.2, 0.25) is 0 Å². The molecule has 1 rings (SSSR count). The molecule has 1 aromatic rings. The number of alkyl halides is 2. The van der Waals surface area contributed by atoms with Gasteiger partial charge in [0.25, 0.3) is 0 Å². The predicted octanol–water partition coefficient (Wildman–Crippen LogP) is 6.79. The number of rotatable bonds is 12. The number of ether oxygens (including phenoxy) is 2. The van der Waals surface area contributed by atoms with Gasteiger partial charge in [-0.25, -0.2) is 0 Å². The van der Waals surface area contributed by atoms with E-state index in [0.29, 0.717) is 30.9 Å². The lowest BCUT2D eigenvalue weighted by Gasteiger charge is -2.17. The molecule has 1 atom stereocenters. The van der Waals surface area contributed by atoms with Gasteiger partial charge in [0, 0.05) is 11.1 Å². The number of hydrogen-bond acceptors (Lipinski definition) is 2. The minimum Gasteiger partial charge on any atom is -0.494 e. The monoisotopic (exact) mass is 374 g/mol. The van der Waals surface area contributed by atoms with Crippen molar-refractivity contribution in [2.24, 2.45) is 11.8 Å². The van der Waals surface area contributed by atoms with E-state index in [2.05, 4.69) is 20.8 Å². The second-order valence-electron chi connectivity index (χ2n) is 6.83. The summed E-state index contributed by atoms with van der Waals surface area (Å²) >= 11 is 12.1. The van der Waals surface area contributed by atoms with Gasteiger partial charge >= 0.3 is 0 Å². The van der Waals surface area contributed by atoms with E-state index in [1.807, 2.05) is 19.1 Å². The van der Waals surface area contributed by atoms with Gasteiger partial charge in [-0.1, -0.05) is 40.0 Å². The molecule has 0 saturated carbocycles. The molecule has 0 spiro atoms. The van der Waals surface area contributed by atoms with E-state index in [4.69, 9.17) is 32.7 Å². The maximum Gasteiger partial charge on any atom is 0.124 e. The fourth-order valence-corrected chi connectivity index (χ4v) is 3.08. The Bertz CT molecular complexity index is 475. The van der Waals surface area contributed by atoms with E-state index in [9.17, 15) is 0 Å². The molecule has 0 aliphatic rings. The summed E-state index contributed by atoms with van der Waals surface area (Å²) in [7, 11) is 0. The van der Waals surface area contributed by atoms with Gasteiger partial charge in [-0.15, -0.1) is 23.2 Å². The van der Waals surface area contributed by atoms with Crippen LogP contribution < -0.4 is 9.47 Å². The van der Waals surface area contributed by atoms with Crippen molar-refractivity contribution in [1.82, 2.24) is 0 Å². The summed E-state index contributed by atoms with van der Waals surface area (Å²) in [6.45, 7) is 10.1. The molecule has 0 amide bonds. The molecule has 1 unspecified atom stereocenters. The summed E-state index contributed by atoms with van der Waals surface area (Å²) in [6, 6.07) is 3.93. The topological polar surface area (TPSA) is 18.5 Å². The van der Waals surface area contributed by atoms with Crippen molar-refractivity contribution in [2.75, 3.05) is 13.2 Å². The third kappa shape index (κ3) is 7.53. The number of hydrogen-bond donors (Lipinski definition) is 0. The van der Waals surface area contributed by atoms with Crippen molar-refractivity contribution in [2.45, 2.75) is 65.1 Å². The molecule has 0 bridgehead atoms. The molecular formula is C20H32Cl2O2. The molecule has 0 fully saturated rings. The second-order valence-corrected chi connectivity index (χ2v) is 7.37. The molecular weight excluding hydrogens is 343 g/mol. The fourth-order valence-electron chi connectivity index (χ4n) is 2.67. The van der Waals surface area contributed by atoms with Crippen LogP contribution in [-0.2, 0) is 11.8 Å². The summed E-state index contributed by atoms with van der Waals surface area (Å²) in [5, 5.41) is 0. The fraction of sp³-hybridized carbons (Fsp3) is 0.700. The number of benzene rings is 1. The first kappa shape index (κ1) is 21.4. The van der Waals surface area contributed by atoms with Gasteiger partial charge in [-0.2, -0.15) is 0 Å². The lowest BCUT2D eigenvalue weighted by Crippen LogP contribution is -2.07. The summed E-state index contributed by atoms with van der Waals surface area (Å²) in [4.78, 5) is 0. The maximum atomic E-state index is 6.07. The van der Waals surface area contributed by atoms with Crippen LogP contribution in [-0.4, -0.2) is 13.2 Å². The molecule has 0 radical (unpaired) electrons. The molecule has 0 aliphatic heterocycles. The third-order valence-corrected chi connectivity index (χ3v) is 4.75. The van der Waals surface area contributed by atoms with Crippen molar-refractivity contribution in [3.8, 4) is 11.5 Å². The smallest absolute Gasteiger partial charge is 0.124 e. The molecule has 0 heterocycles. The Morgan fingerprint density at radius 3 is 1.96 bits per heavy atom. The van der Waals surface area contributed by atoms with Crippen molar-refractivity contribution in [1.29, 1.82) is 0 Å². The lowest BCUT2D eigenvalue weighted by molar-refractivity contribution is 0.273. The molecule has 1 aromatic carbocycles. The zero-order valence-electron chi connectivity index (χ0n) is 15.5. The van der Waals surface area contributed by atoms with Crippen LogP contribution >= 0.6 is 23.2 Å². The first-order chi connectivity index (χ1) is 11.5. The Kier molecular flexibility index (Phi) is 10.6. The Balaban J connectivity index is 2.57. The minimum atomic E-state index is 0.403. The normalized spacial score (nSPS) is 12.5. The summed E-state index contributed by atoms with van der Waals surface area (Å²) in [5.41, 5.74) is 1.91. The molecule has 24 heavy (non-hydrogen) atoms. The highest BCUT2D eigenvalue weighted by Crippen LogP contribution is 2.31. The SMILES string of the molecule is CCOc1cc(CCl)c(OCCC(C)CCCC(C)C)cc1CCl. The molecule has 0 N–H and O–H groups in total. The van der Waals surface area contributed by atoms with Gasteiger partial charge in [0.2, 0.25) is 0 Å². The molecule has 2 nitrogen and oxygen atoms in total. The zero-order chi connectivity index (χ0) is 17.9. The van der Waals surface area contributed by atoms with E-state index in [1.165, 1.54) is 19.3 Å². The third-order valence-electron chi connectivity index (χ3n) is 4.18. The Morgan fingerprint density at radius 2 is 1.46 bits per heavy atom. The highest BCUT2D eigenvalue weighted by atomic mass is 35.5. The van der Waals surface area contributed by atoms with Crippen LogP contribution in [0, 0.1) is 11.8 Å². The quantitative estimate of drug-likeness (QED) is 0.374. The van der Waals surface area contributed by atoms with Crippen molar-refractivity contribution < 1.29 is 9.47 Å². The molecule has 0 aliphatic carbocycles. The highest BCUT2D eigenvalue weighted by Gasteiger charge is 2.12. The summed E-state index contributed by atoms with van der Waals surface area (Å²) in [6.07, 6.45) is 4.92. The van der Waals surface area contributed by atoms with Crippen LogP contribution in [0.3, 0.4) is 0 Å². The van der Waals surface area contributed by atoms with E-state index < -0.39 is 0 Å². The van der Waals surface area contributed by atoms with Crippen LogP contribution in [0.15, 0.2) is 12.1 Å². The summed E-state index contributed by atoms with van der Waals surface area (Å²) in [5.74, 6) is 3.91. The average molecular weight is 375 g/mol. The van der Waals surface area contributed by atoms with Gasteiger partial charge in [0.15, 0.2) is 0 Å². The van der Waals surface area contributed by atoms with Crippen LogP contribution in [0.5, 0.6) is 11.5 Å². The lowest BCUT2D eigenvalue weighted by atomic mass is 9.98. The Labute approximate surface area is 157 Å². The molecule has 0 saturated heterocycles. The highest BCUT2D eigenvalue weighted by molar-refractivity contribution is 6.18. The molecule has 4 heteroatoms. The Hall–Kier alpha value is -0.600. The van der Waals surface area contributed by atoms with Crippen molar-refractivity contribution in [3.63, 3.8) is 0 Å². The van der Waals surface area contributed by atoms with E-state index in [-0.39, 0.29) is 0 Å². The van der Waals surface area contributed by atoms with Crippen molar-refractivity contribution >= 4 is 23.2 Å². The van der Waals surface area contributed by atoms with Gasteiger partial charge in [0.05, 0.1) is 25.0 Å². The van der Waals surface area contributed by atoms with E-state index in [1.54, 1.807) is 0 Å². The number of halogens is 2. The maximum absolute atomic E-state index is 6.07. The minimum absolute atomic E-state index is 0.403. The standard InChI is InChI=1S/C20H32Cl2O2/c1-5-23-19-11-18(14-22)20(12-17(19)13-21)24-10-9-16(4)8-6-7-15(2)3/h11-12,15-16H,5-10,13-14H2,1-4H3. The average Bonchev–Trinajstić information content (AvgIpc) is 2.55. The van der Waals surface area contributed by atoms with Crippen LogP contribution in [0.1, 0.15) is 64.5 Å². The first-order valence-corrected chi connectivity index (χ1v) is 10.1. The van der Waals surface area contributed by atoms with Gasteiger partial charge < -0.3 is 9.47 Å². The Morgan fingerprint density at radius 1 is 0.875 bits per heavy atom. The van der Waals surface area contributed by atoms with E-state index >= 15 is 0 Å². The largest absolute Gasteiger partial charge is 0.494 e. The predicted molar refractivity (Wildman–Crippen MR) is 105 cm³/mol. The second kappa shape index (κ2) is 11.9.